The van der Waals surface area contributed by atoms with Crippen LogP contribution in [0.5, 0.6) is 5.75 Å². The first-order chi connectivity index (χ1) is 11.1. The molecule has 0 saturated carbocycles. The van der Waals surface area contributed by atoms with Gasteiger partial charge in [-0.25, -0.2) is 9.18 Å². The Hall–Kier alpha value is -2.82. The van der Waals surface area contributed by atoms with Gasteiger partial charge in [-0.05, 0) is 36.8 Å². The van der Waals surface area contributed by atoms with Crippen LogP contribution in [0, 0.1) is 12.7 Å². The fraction of sp³-hybridized carbons (Fsp3) is 0.167. The van der Waals surface area contributed by atoms with E-state index in [4.69, 9.17) is 13.9 Å². The van der Waals surface area contributed by atoms with Crippen LogP contribution < -0.4 is 4.74 Å². The number of methoxy groups -OCH3 is 1. The SMILES string of the molecule is COC(=O)c1oc2cccc(OCc3ccc(F)cc3)c2c1C. The topological polar surface area (TPSA) is 48.7 Å². The van der Waals surface area contributed by atoms with Crippen LogP contribution in [0.15, 0.2) is 46.9 Å². The van der Waals surface area contributed by atoms with Crippen molar-refractivity contribution in [3.05, 3.63) is 65.2 Å². The molecule has 118 valence electrons. The number of fused-ring (bicyclic) bond motifs is 1. The largest absolute Gasteiger partial charge is 0.488 e. The van der Waals surface area contributed by atoms with E-state index in [2.05, 4.69) is 0 Å². The van der Waals surface area contributed by atoms with Gasteiger partial charge in [0.15, 0.2) is 0 Å². The molecule has 0 unspecified atom stereocenters. The molecule has 0 radical (unpaired) electrons. The zero-order valence-electron chi connectivity index (χ0n) is 12.8. The van der Waals surface area contributed by atoms with Gasteiger partial charge in [-0.15, -0.1) is 0 Å². The Labute approximate surface area is 132 Å². The Kier molecular flexibility index (Phi) is 4.02. The zero-order valence-corrected chi connectivity index (χ0v) is 12.8. The number of rotatable bonds is 4. The Bertz CT molecular complexity index is 849. The van der Waals surface area contributed by atoms with Gasteiger partial charge in [0.25, 0.3) is 0 Å². The third kappa shape index (κ3) is 2.90. The van der Waals surface area contributed by atoms with Gasteiger partial charge >= 0.3 is 5.97 Å². The lowest BCUT2D eigenvalue weighted by Crippen LogP contribution is -2.01. The molecule has 0 N–H and O–H groups in total. The molecular weight excluding hydrogens is 299 g/mol. The van der Waals surface area contributed by atoms with Crippen molar-refractivity contribution in [3.63, 3.8) is 0 Å². The smallest absolute Gasteiger partial charge is 0.374 e. The van der Waals surface area contributed by atoms with Crippen LogP contribution in [0.3, 0.4) is 0 Å². The van der Waals surface area contributed by atoms with Crippen LogP contribution in [0.2, 0.25) is 0 Å². The predicted molar refractivity (Wildman–Crippen MR) is 83.0 cm³/mol. The summed E-state index contributed by atoms with van der Waals surface area (Å²) in [6.45, 7) is 2.07. The molecule has 23 heavy (non-hydrogen) atoms. The van der Waals surface area contributed by atoms with Crippen LogP contribution in [-0.4, -0.2) is 13.1 Å². The van der Waals surface area contributed by atoms with Crippen LogP contribution >= 0.6 is 0 Å². The highest BCUT2D eigenvalue weighted by Crippen LogP contribution is 2.33. The van der Waals surface area contributed by atoms with Gasteiger partial charge in [0.05, 0.1) is 12.5 Å². The number of ether oxygens (including phenoxy) is 2. The Morgan fingerprint density at radius 1 is 1.17 bits per heavy atom. The molecule has 1 aromatic heterocycles. The summed E-state index contributed by atoms with van der Waals surface area (Å²) >= 11 is 0. The lowest BCUT2D eigenvalue weighted by atomic mass is 10.1. The van der Waals surface area contributed by atoms with Gasteiger partial charge in [0, 0.05) is 5.56 Å². The molecule has 0 aliphatic heterocycles. The number of esters is 1. The maximum absolute atomic E-state index is 12.9. The monoisotopic (exact) mass is 314 g/mol. The van der Waals surface area contributed by atoms with E-state index in [9.17, 15) is 9.18 Å². The minimum absolute atomic E-state index is 0.167. The van der Waals surface area contributed by atoms with Crippen LogP contribution in [0.25, 0.3) is 11.0 Å². The second-order valence-corrected chi connectivity index (χ2v) is 5.09. The number of benzene rings is 2. The summed E-state index contributed by atoms with van der Waals surface area (Å²) in [5, 5.41) is 0.731. The second-order valence-electron chi connectivity index (χ2n) is 5.09. The molecule has 0 atom stereocenters. The maximum atomic E-state index is 12.9. The van der Waals surface area contributed by atoms with Crippen molar-refractivity contribution >= 4 is 16.9 Å². The summed E-state index contributed by atoms with van der Waals surface area (Å²) in [6, 6.07) is 11.5. The minimum atomic E-state index is -0.525. The third-order valence-electron chi connectivity index (χ3n) is 3.59. The Morgan fingerprint density at radius 2 is 1.91 bits per heavy atom. The first-order valence-electron chi connectivity index (χ1n) is 7.08. The van der Waals surface area contributed by atoms with Crippen molar-refractivity contribution in [2.45, 2.75) is 13.5 Å². The van der Waals surface area contributed by atoms with Gasteiger partial charge in [-0.1, -0.05) is 18.2 Å². The van der Waals surface area contributed by atoms with Crippen LogP contribution in [-0.2, 0) is 11.3 Å². The fourth-order valence-corrected chi connectivity index (χ4v) is 2.42. The van der Waals surface area contributed by atoms with Crippen molar-refractivity contribution in [2.75, 3.05) is 7.11 Å². The highest BCUT2D eigenvalue weighted by molar-refractivity contribution is 5.98. The Balaban J connectivity index is 1.93. The first-order valence-corrected chi connectivity index (χ1v) is 7.08. The van der Waals surface area contributed by atoms with Crippen molar-refractivity contribution in [3.8, 4) is 5.75 Å². The lowest BCUT2D eigenvalue weighted by Gasteiger charge is -2.07. The molecule has 0 amide bonds. The number of carbonyl (C=O) groups is 1. The standard InChI is InChI=1S/C18H15FO4/c1-11-16-14(22-10-12-6-8-13(19)9-7-12)4-3-5-15(16)23-17(11)18(20)21-2/h3-9H,10H2,1-2H3. The first kappa shape index (κ1) is 15.1. The Morgan fingerprint density at radius 3 is 2.61 bits per heavy atom. The lowest BCUT2D eigenvalue weighted by molar-refractivity contribution is 0.0566. The van der Waals surface area contributed by atoms with Crippen molar-refractivity contribution < 1.29 is 23.1 Å². The van der Waals surface area contributed by atoms with E-state index in [1.807, 2.05) is 0 Å². The summed E-state index contributed by atoms with van der Waals surface area (Å²) in [4.78, 5) is 11.7. The summed E-state index contributed by atoms with van der Waals surface area (Å²) in [6.07, 6.45) is 0. The van der Waals surface area contributed by atoms with Gasteiger partial charge in [-0.2, -0.15) is 0 Å². The zero-order chi connectivity index (χ0) is 16.4. The molecule has 2 aromatic carbocycles. The van der Waals surface area contributed by atoms with Crippen molar-refractivity contribution in [1.82, 2.24) is 0 Å². The summed E-state index contributed by atoms with van der Waals surface area (Å²) in [5.74, 6) is -0.0454. The van der Waals surface area contributed by atoms with E-state index in [-0.39, 0.29) is 18.2 Å². The van der Waals surface area contributed by atoms with Crippen LogP contribution in [0.4, 0.5) is 4.39 Å². The normalized spacial score (nSPS) is 10.7. The molecule has 3 aromatic rings. The van der Waals surface area contributed by atoms with Crippen molar-refractivity contribution in [2.24, 2.45) is 0 Å². The average molecular weight is 314 g/mol. The number of halogens is 1. The molecule has 1 heterocycles. The number of carbonyl (C=O) groups excluding carboxylic acids is 1. The summed E-state index contributed by atoms with van der Waals surface area (Å²) < 4.78 is 29.0. The number of hydrogen-bond donors (Lipinski definition) is 0. The highest BCUT2D eigenvalue weighted by Gasteiger charge is 2.20. The van der Waals surface area contributed by atoms with Crippen molar-refractivity contribution in [1.29, 1.82) is 0 Å². The van der Waals surface area contributed by atoms with E-state index in [1.54, 1.807) is 37.3 Å². The molecule has 0 aliphatic carbocycles. The summed E-state index contributed by atoms with van der Waals surface area (Å²) in [5.41, 5.74) is 2.07. The fourth-order valence-electron chi connectivity index (χ4n) is 2.42. The van der Waals surface area contributed by atoms with Gasteiger partial charge < -0.3 is 13.9 Å². The van der Waals surface area contributed by atoms with E-state index < -0.39 is 5.97 Å². The molecule has 0 saturated heterocycles. The van der Waals surface area contributed by atoms with Crippen LogP contribution in [0.1, 0.15) is 21.7 Å². The van der Waals surface area contributed by atoms with E-state index in [0.29, 0.717) is 16.9 Å². The van der Waals surface area contributed by atoms with E-state index in [0.717, 1.165) is 10.9 Å². The number of furan rings is 1. The second kappa shape index (κ2) is 6.12. The molecule has 3 rings (SSSR count). The minimum Gasteiger partial charge on any atom is -0.488 e. The average Bonchev–Trinajstić information content (AvgIpc) is 2.91. The van der Waals surface area contributed by atoms with Gasteiger partial charge in [-0.3, -0.25) is 0 Å². The highest BCUT2D eigenvalue weighted by atomic mass is 19.1. The molecule has 5 heteroatoms. The summed E-state index contributed by atoms with van der Waals surface area (Å²) in [7, 11) is 1.31. The third-order valence-corrected chi connectivity index (χ3v) is 3.59. The van der Waals surface area contributed by atoms with Gasteiger partial charge in [0.2, 0.25) is 5.76 Å². The molecule has 0 fully saturated rings. The van der Waals surface area contributed by atoms with E-state index in [1.165, 1.54) is 19.2 Å². The molecule has 0 aliphatic rings. The maximum Gasteiger partial charge on any atom is 0.374 e. The molecular formula is C18H15FO4. The molecule has 0 spiro atoms. The van der Waals surface area contributed by atoms with E-state index >= 15 is 0 Å². The predicted octanol–water partition coefficient (Wildman–Crippen LogP) is 4.25. The number of aryl methyl sites for hydroxylation is 1. The van der Waals surface area contributed by atoms with Gasteiger partial charge in [0.1, 0.15) is 23.8 Å². The quantitative estimate of drug-likeness (QED) is 0.676. The number of hydrogen-bond acceptors (Lipinski definition) is 4. The molecule has 0 bridgehead atoms. The molecule has 4 nitrogen and oxygen atoms in total.